The lowest BCUT2D eigenvalue weighted by molar-refractivity contribution is 1.40. The van der Waals surface area contributed by atoms with Gasteiger partial charge in [-0.05, 0) is 17.7 Å². The molecule has 4 heteroatoms. The molecule has 1 aromatic heterocycles. The molecule has 12 heavy (non-hydrogen) atoms. The van der Waals surface area contributed by atoms with Gasteiger partial charge in [0.15, 0.2) is 5.13 Å². The zero-order chi connectivity index (χ0) is 8.55. The van der Waals surface area contributed by atoms with Crippen LogP contribution in [0.5, 0.6) is 0 Å². The second-order valence-corrected chi connectivity index (χ2v) is 3.82. The molecule has 1 heterocycles. The van der Waals surface area contributed by atoms with Crippen molar-refractivity contribution >= 4 is 38.3 Å². The fourth-order valence-electron chi connectivity index (χ4n) is 1.07. The lowest BCUT2D eigenvalue weighted by Gasteiger charge is -1.92. The maximum Gasteiger partial charge on any atom is 0.181 e. The summed E-state index contributed by atoms with van der Waals surface area (Å²) in [5.41, 5.74) is 7.58. The number of aromatic nitrogens is 1. The van der Waals surface area contributed by atoms with Crippen LogP contribution in [0.4, 0.5) is 5.13 Å². The van der Waals surface area contributed by atoms with Crippen LogP contribution in [-0.2, 0) is 5.88 Å². The highest BCUT2D eigenvalue weighted by molar-refractivity contribution is 7.22. The topological polar surface area (TPSA) is 38.9 Å². The van der Waals surface area contributed by atoms with E-state index in [9.17, 15) is 0 Å². The van der Waals surface area contributed by atoms with Gasteiger partial charge in [0, 0.05) is 5.88 Å². The van der Waals surface area contributed by atoms with Crippen LogP contribution in [0.25, 0.3) is 10.2 Å². The predicted octanol–water partition coefficient (Wildman–Crippen LogP) is 2.62. The van der Waals surface area contributed by atoms with Crippen LogP contribution < -0.4 is 5.73 Å². The van der Waals surface area contributed by atoms with Gasteiger partial charge in [0.2, 0.25) is 0 Å². The molecule has 0 saturated heterocycles. The number of fused-ring (bicyclic) bond motifs is 1. The van der Waals surface area contributed by atoms with E-state index in [4.69, 9.17) is 17.3 Å². The van der Waals surface area contributed by atoms with Crippen molar-refractivity contribution in [2.75, 3.05) is 5.73 Å². The second kappa shape index (κ2) is 2.92. The quantitative estimate of drug-likeness (QED) is 0.716. The number of nitrogens with zero attached hydrogens (tertiary/aromatic N) is 1. The third-order valence-corrected chi connectivity index (χ3v) is 2.80. The summed E-state index contributed by atoms with van der Waals surface area (Å²) >= 11 is 7.17. The molecular formula is C8H7ClN2S. The molecule has 2 nitrogen and oxygen atoms in total. The molecule has 2 aromatic rings. The largest absolute Gasteiger partial charge is 0.375 e. The van der Waals surface area contributed by atoms with Gasteiger partial charge in [-0.15, -0.1) is 11.6 Å². The van der Waals surface area contributed by atoms with Crippen LogP contribution in [0.3, 0.4) is 0 Å². The van der Waals surface area contributed by atoms with E-state index in [2.05, 4.69) is 4.98 Å². The van der Waals surface area contributed by atoms with E-state index in [-0.39, 0.29) is 0 Å². The Morgan fingerprint density at radius 1 is 1.50 bits per heavy atom. The molecular weight excluding hydrogens is 192 g/mol. The van der Waals surface area contributed by atoms with Gasteiger partial charge in [0.25, 0.3) is 0 Å². The Labute approximate surface area is 79.0 Å². The molecule has 0 aliphatic heterocycles. The number of hydrogen-bond donors (Lipinski definition) is 1. The SMILES string of the molecule is Nc1nc2cc(CCl)ccc2s1. The minimum Gasteiger partial charge on any atom is -0.375 e. The molecule has 0 aliphatic rings. The summed E-state index contributed by atoms with van der Waals surface area (Å²) in [5, 5.41) is 0.608. The summed E-state index contributed by atoms with van der Waals surface area (Å²) in [6.07, 6.45) is 0. The molecule has 0 amide bonds. The van der Waals surface area contributed by atoms with Crippen molar-refractivity contribution < 1.29 is 0 Å². The van der Waals surface area contributed by atoms with E-state index in [1.54, 1.807) is 0 Å². The predicted molar refractivity (Wildman–Crippen MR) is 53.6 cm³/mol. The monoisotopic (exact) mass is 198 g/mol. The summed E-state index contributed by atoms with van der Waals surface area (Å²) in [6, 6.07) is 5.96. The fraction of sp³-hybridized carbons (Fsp3) is 0.125. The van der Waals surface area contributed by atoms with E-state index in [0.29, 0.717) is 11.0 Å². The van der Waals surface area contributed by atoms with Crippen LogP contribution in [0.15, 0.2) is 18.2 Å². The Hall–Kier alpha value is -0.800. The molecule has 62 valence electrons. The summed E-state index contributed by atoms with van der Waals surface area (Å²) in [5.74, 6) is 0.521. The van der Waals surface area contributed by atoms with E-state index in [1.165, 1.54) is 11.3 Å². The van der Waals surface area contributed by atoms with Crippen molar-refractivity contribution in [1.82, 2.24) is 4.98 Å². The number of alkyl halides is 1. The van der Waals surface area contributed by atoms with Crippen molar-refractivity contribution in [3.63, 3.8) is 0 Å². The van der Waals surface area contributed by atoms with Gasteiger partial charge < -0.3 is 5.73 Å². The molecule has 0 unspecified atom stereocenters. The van der Waals surface area contributed by atoms with Gasteiger partial charge in [-0.2, -0.15) is 0 Å². The molecule has 2 N–H and O–H groups in total. The highest BCUT2D eigenvalue weighted by Crippen LogP contribution is 2.24. The van der Waals surface area contributed by atoms with Gasteiger partial charge in [0.05, 0.1) is 10.2 Å². The number of hydrogen-bond acceptors (Lipinski definition) is 3. The zero-order valence-corrected chi connectivity index (χ0v) is 7.82. The van der Waals surface area contributed by atoms with E-state index < -0.39 is 0 Å². The van der Waals surface area contributed by atoms with E-state index in [0.717, 1.165) is 15.8 Å². The first kappa shape index (κ1) is 7.83. The van der Waals surface area contributed by atoms with Gasteiger partial charge in [-0.1, -0.05) is 17.4 Å². The summed E-state index contributed by atoms with van der Waals surface area (Å²) in [7, 11) is 0. The van der Waals surface area contributed by atoms with Crippen LogP contribution in [-0.4, -0.2) is 4.98 Å². The molecule has 1 aromatic carbocycles. The summed E-state index contributed by atoms with van der Waals surface area (Å²) in [4.78, 5) is 4.16. The van der Waals surface area contributed by atoms with Crippen molar-refractivity contribution in [3.05, 3.63) is 23.8 Å². The molecule has 0 saturated carbocycles. The zero-order valence-electron chi connectivity index (χ0n) is 6.25. The maximum atomic E-state index is 5.68. The van der Waals surface area contributed by atoms with Crippen molar-refractivity contribution in [1.29, 1.82) is 0 Å². The van der Waals surface area contributed by atoms with Crippen LogP contribution in [0.2, 0.25) is 0 Å². The third kappa shape index (κ3) is 1.26. The first-order valence-electron chi connectivity index (χ1n) is 3.50. The van der Waals surface area contributed by atoms with Crippen molar-refractivity contribution in [3.8, 4) is 0 Å². The highest BCUT2D eigenvalue weighted by Gasteiger charge is 2.00. The van der Waals surface area contributed by atoms with E-state index >= 15 is 0 Å². The summed E-state index contributed by atoms with van der Waals surface area (Å²) < 4.78 is 1.11. The first-order chi connectivity index (χ1) is 5.79. The number of halogens is 1. The van der Waals surface area contributed by atoms with Crippen LogP contribution in [0, 0.1) is 0 Å². The molecule has 0 radical (unpaired) electrons. The number of thiazole rings is 1. The van der Waals surface area contributed by atoms with Crippen molar-refractivity contribution in [2.45, 2.75) is 5.88 Å². The molecule has 0 spiro atoms. The molecule has 2 rings (SSSR count). The standard InChI is InChI=1S/C8H7ClN2S/c9-4-5-1-2-7-6(3-5)11-8(10)12-7/h1-3H,4H2,(H2,10,11). The highest BCUT2D eigenvalue weighted by atomic mass is 35.5. The summed E-state index contributed by atoms with van der Waals surface area (Å²) in [6.45, 7) is 0. The minimum atomic E-state index is 0.521. The number of nitrogen functional groups attached to an aromatic ring is 1. The normalized spacial score (nSPS) is 10.8. The lowest BCUT2D eigenvalue weighted by Crippen LogP contribution is -1.80. The van der Waals surface area contributed by atoms with Gasteiger partial charge >= 0.3 is 0 Å². The molecule has 0 fully saturated rings. The van der Waals surface area contributed by atoms with Gasteiger partial charge in [-0.25, -0.2) is 4.98 Å². The Morgan fingerprint density at radius 2 is 2.33 bits per heavy atom. The second-order valence-electron chi connectivity index (χ2n) is 2.49. The Balaban J connectivity index is 2.66. The lowest BCUT2D eigenvalue weighted by atomic mass is 10.2. The molecule has 0 bridgehead atoms. The van der Waals surface area contributed by atoms with Gasteiger partial charge in [0.1, 0.15) is 0 Å². The average molecular weight is 199 g/mol. The average Bonchev–Trinajstić information content (AvgIpc) is 2.43. The number of benzene rings is 1. The third-order valence-electron chi connectivity index (χ3n) is 1.62. The van der Waals surface area contributed by atoms with E-state index in [1.807, 2.05) is 18.2 Å². The number of rotatable bonds is 1. The molecule has 0 atom stereocenters. The van der Waals surface area contributed by atoms with Crippen molar-refractivity contribution in [2.24, 2.45) is 0 Å². The first-order valence-corrected chi connectivity index (χ1v) is 4.85. The Morgan fingerprint density at radius 3 is 3.08 bits per heavy atom. The smallest absolute Gasteiger partial charge is 0.181 e. The Bertz CT molecular complexity index is 410. The Kier molecular flexibility index (Phi) is 1.90. The minimum absolute atomic E-state index is 0.521. The molecule has 0 aliphatic carbocycles. The maximum absolute atomic E-state index is 5.68. The number of anilines is 1. The fourth-order valence-corrected chi connectivity index (χ4v) is 1.95. The van der Waals surface area contributed by atoms with Crippen LogP contribution >= 0.6 is 22.9 Å². The number of nitrogens with two attached hydrogens (primary N) is 1. The van der Waals surface area contributed by atoms with Gasteiger partial charge in [-0.3, -0.25) is 0 Å². The van der Waals surface area contributed by atoms with Crippen LogP contribution in [0.1, 0.15) is 5.56 Å².